The first-order chi connectivity index (χ1) is 9.63. The SMILES string of the molecule is Cc1nnc(SCC(=O)N2[C@@H]3CC[C@H]2CNC(=O)C3)s1. The van der Waals surface area contributed by atoms with Crippen molar-refractivity contribution in [1.82, 2.24) is 20.4 Å². The summed E-state index contributed by atoms with van der Waals surface area (Å²) in [5, 5.41) is 11.7. The van der Waals surface area contributed by atoms with Crippen LogP contribution in [0.1, 0.15) is 24.3 Å². The molecule has 2 atom stereocenters. The van der Waals surface area contributed by atoms with Gasteiger partial charge in [-0.2, -0.15) is 0 Å². The predicted octanol–water partition coefficient (Wildman–Crippen LogP) is 0.818. The van der Waals surface area contributed by atoms with Gasteiger partial charge in [-0.3, -0.25) is 9.59 Å². The maximum atomic E-state index is 12.4. The summed E-state index contributed by atoms with van der Waals surface area (Å²) >= 11 is 2.93. The Morgan fingerprint density at radius 1 is 1.45 bits per heavy atom. The molecular formula is C12H16N4O2S2. The first kappa shape index (κ1) is 13.8. The highest BCUT2D eigenvalue weighted by Crippen LogP contribution is 2.30. The standard InChI is InChI=1S/C12H16N4O2S2/c1-7-14-15-12(20-7)19-6-11(18)16-8-2-3-9(16)5-13-10(17)4-8/h8-9H,2-6H2,1H3,(H,13,17)/t8-,9+/m1/s1. The molecule has 1 aromatic heterocycles. The molecule has 3 heterocycles. The molecule has 6 nitrogen and oxygen atoms in total. The van der Waals surface area contributed by atoms with Crippen molar-refractivity contribution in [1.29, 1.82) is 0 Å². The molecule has 0 aliphatic carbocycles. The molecule has 0 radical (unpaired) electrons. The zero-order valence-corrected chi connectivity index (χ0v) is 12.8. The number of carbonyl (C=O) groups is 2. The van der Waals surface area contributed by atoms with Crippen LogP contribution in [0.3, 0.4) is 0 Å². The lowest BCUT2D eigenvalue weighted by Gasteiger charge is -2.27. The molecule has 2 bridgehead atoms. The fourth-order valence-electron chi connectivity index (χ4n) is 2.82. The summed E-state index contributed by atoms with van der Waals surface area (Å²) in [7, 11) is 0. The molecule has 108 valence electrons. The van der Waals surface area contributed by atoms with Crippen LogP contribution in [0.4, 0.5) is 0 Å². The molecule has 1 N–H and O–H groups in total. The van der Waals surface area contributed by atoms with E-state index in [9.17, 15) is 9.59 Å². The number of nitrogens with zero attached hydrogens (tertiary/aromatic N) is 3. The Balaban J connectivity index is 1.63. The number of hydrogen-bond donors (Lipinski definition) is 1. The van der Waals surface area contributed by atoms with Gasteiger partial charge in [-0.05, 0) is 19.8 Å². The van der Waals surface area contributed by atoms with E-state index in [1.54, 1.807) is 0 Å². The average molecular weight is 312 g/mol. The molecule has 0 unspecified atom stereocenters. The third kappa shape index (κ3) is 2.80. The Labute approximate surface area is 125 Å². The summed E-state index contributed by atoms with van der Waals surface area (Å²) in [6, 6.07) is 0.238. The van der Waals surface area contributed by atoms with E-state index in [0.29, 0.717) is 18.7 Å². The number of nitrogens with one attached hydrogen (secondary N) is 1. The highest BCUT2D eigenvalue weighted by Gasteiger charge is 2.39. The van der Waals surface area contributed by atoms with Gasteiger partial charge in [-0.1, -0.05) is 23.1 Å². The number of rotatable bonds is 3. The van der Waals surface area contributed by atoms with Crippen LogP contribution in [0, 0.1) is 6.92 Å². The lowest BCUT2D eigenvalue weighted by atomic mass is 10.1. The van der Waals surface area contributed by atoms with E-state index in [2.05, 4.69) is 15.5 Å². The summed E-state index contributed by atoms with van der Waals surface area (Å²) in [5.41, 5.74) is 0. The molecular weight excluding hydrogens is 296 g/mol. The van der Waals surface area contributed by atoms with Crippen LogP contribution in [0.15, 0.2) is 4.34 Å². The van der Waals surface area contributed by atoms with Gasteiger partial charge in [0.1, 0.15) is 5.01 Å². The van der Waals surface area contributed by atoms with Gasteiger partial charge in [0.25, 0.3) is 0 Å². The summed E-state index contributed by atoms with van der Waals surface area (Å²) in [6.07, 6.45) is 2.36. The summed E-state index contributed by atoms with van der Waals surface area (Å²) < 4.78 is 0.826. The van der Waals surface area contributed by atoms with Crippen molar-refractivity contribution in [3.05, 3.63) is 5.01 Å². The van der Waals surface area contributed by atoms with Crippen molar-refractivity contribution >= 4 is 34.9 Å². The Bertz CT molecular complexity index is 533. The topological polar surface area (TPSA) is 75.2 Å². The molecule has 2 aliphatic heterocycles. The van der Waals surface area contributed by atoms with E-state index in [0.717, 1.165) is 22.2 Å². The van der Waals surface area contributed by atoms with E-state index in [4.69, 9.17) is 0 Å². The fourth-order valence-corrected chi connectivity index (χ4v) is 4.51. The molecule has 0 spiro atoms. The van der Waals surface area contributed by atoms with Gasteiger partial charge in [0.2, 0.25) is 11.8 Å². The summed E-state index contributed by atoms with van der Waals surface area (Å²) in [6.45, 7) is 2.49. The second kappa shape index (κ2) is 5.69. The van der Waals surface area contributed by atoms with Crippen molar-refractivity contribution < 1.29 is 9.59 Å². The second-order valence-corrected chi connectivity index (χ2v) is 7.47. The molecule has 0 saturated carbocycles. The maximum absolute atomic E-state index is 12.4. The minimum atomic E-state index is 0.0578. The monoisotopic (exact) mass is 312 g/mol. The van der Waals surface area contributed by atoms with Crippen LogP contribution in [0.2, 0.25) is 0 Å². The van der Waals surface area contributed by atoms with Crippen molar-refractivity contribution in [2.45, 2.75) is 42.6 Å². The van der Waals surface area contributed by atoms with E-state index in [1.807, 2.05) is 11.8 Å². The fraction of sp³-hybridized carbons (Fsp3) is 0.667. The van der Waals surface area contributed by atoms with Gasteiger partial charge >= 0.3 is 0 Å². The van der Waals surface area contributed by atoms with Crippen LogP contribution in [-0.4, -0.2) is 51.3 Å². The number of aryl methyl sites for hydroxylation is 1. The Morgan fingerprint density at radius 3 is 3.00 bits per heavy atom. The minimum Gasteiger partial charge on any atom is -0.354 e. The molecule has 20 heavy (non-hydrogen) atoms. The predicted molar refractivity (Wildman–Crippen MR) is 76.7 cm³/mol. The zero-order chi connectivity index (χ0) is 14.1. The maximum Gasteiger partial charge on any atom is 0.233 e. The van der Waals surface area contributed by atoms with Crippen LogP contribution in [0.5, 0.6) is 0 Å². The molecule has 0 aromatic carbocycles. The lowest BCUT2D eigenvalue weighted by molar-refractivity contribution is -0.131. The van der Waals surface area contributed by atoms with E-state index in [1.165, 1.54) is 23.1 Å². The van der Waals surface area contributed by atoms with Crippen LogP contribution < -0.4 is 5.32 Å². The molecule has 1 aromatic rings. The van der Waals surface area contributed by atoms with Crippen molar-refractivity contribution in [2.24, 2.45) is 0 Å². The number of amides is 2. The van der Waals surface area contributed by atoms with Gasteiger partial charge in [-0.25, -0.2) is 0 Å². The second-order valence-electron chi connectivity index (χ2n) is 5.07. The number of aromatic nitrogens is 2. The van der Waals surface area contributed by atoms with Gasteiger partial charge in [0.05, 0.1) is 5.75 Å². The van der Waals surface area contributed by atoms with Gasteiger partial charge in [0, 0.05) is 25.0 Å². The third-order valence-corrected chi connectivity index (χ3v) is 5.65. The van der Waals surface area contributed by atoms with Crippen LogP contribution >= 0.6 is 23.1 Å². The Kier molecular flexibility index (Phi) is 3.93. The quantitative estimate of drug-likeness (QED) is 0.836. The van der Waals surface area contributed by atoms with E-state index in [-0.39, 0.29) is 23.9 Å². The van der Waals surface area contributed by atoms with Crippen molar-refractivity contribution in [3.8, 4) is 0 Å². The average Bonchev–Trinajstić information content (AvgIpc) is 2.94. The lowest BCUT2D eigenvalue weighted by Crippen LogP contribution is -2.43. The van der Waals surface area contributed by atoms with Crippen LogP contribution in [-0.2, 0) is 9.59 Å². The molecule has 2 fully saturated rings. The van der Waals surface area contributed by atoms with Crippen molar-refractivity contribution in [3.63, 3.8) is 0 Å². The minimum absolute atomic E-state index is 0.0578. The highest BCUT2D eigenvalue weighted by molar-refractivity contribution is 8.01. The van der Waals surface area contributed by atoms with Gasteiger partial charge < -0.3 is 10.2 Å². The first-order valence-corrected chi connectivity index (χ1v) is 8.44. The number of fused-ring (bicyclic) bond motifs is 2. The van der Waals surface area contributed by atoms with Gasteiger partial charge in [0.15, 0.2) is 4.34 Å². The molecule has 8 heteroatoms. The zero-order valence-electron chi connectivity index (χ0n) is 11.2. The summed E-state index contributed by atoms with van der Waals surface area (Å²) in [4.78, 5) is 25.9. The van der Waals surface area contributed by atoms with Crippen molar-refractivity contribution in [2.75, 3.05) is 12.3 Å². The molecule has 2 saturated heterocycles. The molecule has 3 rings (SSSR count). The third-order valence-electron chi connectivity index (χ3n) is 3.69. The highest BCUT2D eigenvalue weighted by atomic mass is 32.2. The smallest absolute Gasteiger partial charge is 0.233 e. The molecule has 2 amide bonds. The summed E-state index contributed by atoms with van der Waals surface area (Å²) in [5.74, 6) is 0.532. The Morgan fingerprint density at radius 2 is 2.25 bits per heavy atom. The normalized spacial score (nSPS) is 25.4. The number of thioether (sulfide) groups is 1. The Hall–Kier alpha value is -1.15. The van der Waals surface area contributed by atoms with E-state index < -0.39 is 0 Å². The first-order valence-electron chi connectivity index (χ1n) is 6.64. The molecule has 2 aliphatic rings. The largest absolute Gasteiger partial charge is 0.354 e. The number of hydrogen-bond acceptors (Lipinski definition) is 6. The van der Waals surface area contributed by atoms with E-state index >= 15 is 0 Å². The van der Waals surface area contributed by atoms with Gasteiger partial charge in [-0.15, -0.1) is 10.2 Å². The van der Waals surface area contributed by atoms with Crippen LogP contribution in [0.25, 0.3) is 0 Å². The number of carbonyl (C=O) groups excluding carboxylic acids is 2.